The standard InChI is InChI=1S/C15H28N2.C2H6/c1-2-14(3-4-14)13-17-11-7-15(8-12-17)5-9-16-10-6-15;1-2/h16H,2-13H2,1H3;1-2H3. The average Bonchev–Trinajstić information content (AvgIpc) is 3.25. The van der Waals surface area contributed by atoms with Gasteiger partial charge in [-0.15, -0.1) is 0 Å². The Kier molecular flexibility index (Phi) is 5.30. The molecule has 0 aromatic rings. The highest BCUT2D eigenvalue weighted by Crippen LogP contribution is 2.50. The summed E-state index contributed by atoms with van der Waals surface area (Å²) in [5, 5.41) is 3.51. The Morgan fingerprint density at radius 1 is 0.895 bits per heavy atom. The van der Waals surface area contributed by atoms with E-state index in [9.17, 15) is 0 Å². The van der Waals surface area contributed by atoms with Gasteiger partial charge in [0.25, 0.3) is 0 Å². The number of rotatable bonds is 3. The summed E-state index contributed by atoms with van der Waals surface area (Å²) in [6, 6.07) is 0. The fourth-order valence-corrected chi connectivity index (χ4v) is 3.92. The number of likely N-dealkylation sites (tertiary alicyclic amines) is 1. The van der Waals surface area contributed by atoms with Crippen LogP contribution in [0.3, 0.4) is 0 Å². The Hall–Kier alpha value is -0.0800. The maximum Gasteiger partial charge on any atom is 0.00379 e. The van der Waals surface area contributed by atoms with Crippen molar-refractivity contribution in [1.82, 2.24) is 10.2 Å². The highest BCUT2D eigenvalue weighted by molar-refractivity contribution is 4.97. The normalized spacial score (nSPS) is 28.6. The molecule has 1 N–H and O–H groups in total. The van der Waals surface area contributed by atoms with Gasteiger partial charge >= 0.3 is 0 Å². The van der Waals surface area contributed by atoms with Gasteiger partial charge in [-0.25, -0.2) is 0 Å². The smallest absolute Gasteiger partial charge is 0.00379 e. The summed E-state index contributed by atoms with van der Waals surface area (Å²) >= 11 is 0. The minimum absolute atomic E-state index is 0.727. The number of piperidine rings is 2. The first kappa shape index (κ1) is 15.3. The predicted molar refractivity (Wildman–Crippen MR) is 83.5 cm³/mol. The van der Waals surface area contributed by atoms with Crippen LogP contribution in [0.2, 0.25) is 0 Å². The first-order valence-corrected chi connectivity index (χ1v) is 8.69. The maximum atomic E-state index is 3.51. The van der Waals surface area contributed by atoms with E-state index >= 15 is 0 Å². The van der Waals surface area contributed by atoms with Gasteiger partial charge in [0.1, 0.15) is 0 Å². The molecule has 0 aromatic heterocycles. The molecule has 1 spiro atoms. The van der Waals surface area contributed by atoms with Crippen LogP contribution in [0.25, 0.3) is 0 Å². The molecular weight excluding hydrogens is 232 g/mol. The molecule has 19 heavy (non-hydrogen) atoms. The highest BCUT2D eigenvalue weighted by atomic mass is 15.1. The molecule has 2 heteroatoms. The fraction of sp³-hybridized carbons (Fsp3) is 1.00. The largest absolute Gasteiger partial charge is 0.317 e. The van der Waals surface area contributed by atoms with Crippen molar-refractivity contribution in [3.8, 4) is 0 Å². The Morgan fingerprint density at radius 3 is 1.95 bits per heavy atom. The van der Waals surface area contributed by atoms with E-state index in [1.165, 1.54) is 77.7 Å². The average molecular weight is 266 g/mol. The van der Waals surface area contributed by atoms with Gasteiger partial charge in [0.15, 0.2) is 0 Å². The minimum atomic E-state index is 0.727. The Balaban J connectivity index is 0.000000637. The van der Waals surface area contributed by atoms with Crippen LogP contribution in [0.4, 0.5) is 0 Å². The third-order valence-corrected chi connectivity index (χ3v) is 5.85. The molecule has 0 unspecified atom stereocenters. The van der Waals surface area contributed by atoms with Crippen LogP contribution in [-0.4, -0.2) is 37.6 Å². The van der Waals surface area contributed by atoms with E-state index < -0.39 is 0 Å². The molecule has 3 fully saturated rings. The molecule has 0 amide bonds. The van der Waals surface area contributed by atoms with E-state index in [2.05, 4.69) is 17.1 Å². The van der Waals surface area contributed by atoms with E-state index in [-0.39, 0.29) is 0 Å². The second kappa shape index (κ2) is 6.58. The van der Waals surface area contributed by atoms with Gasteiger partial charge in [0.2, 0.25) is 0 Å². The minimum Gasteiger partial charge on any atom is -0.317 e. The van der Waals surface area contributed by atoms with E-state index in [1.54, 1.807) is 0 Å². The van der Waals surface area contributed by atoms with Crippen molar-refractivity contribution in [2.24, 2.45) is 10.8 Å². The monoisotopic (exact) mass is 266 g/mol. The van der Waals surface area contributed by atoms with Crippen molar-refractivity contribution < 1.29 is 0 Å². The molecule has 3 rings (SSSR count). The first-order chi connectivity index (χ1) is 9.26. The lowest BCUT2D eigenvalue weighted by Gasteiger charge is -2.45. The second-order valence-electron chi connectivity index (χ2n) is 6.88. The number of nitrogens with zero attached hydrogens (tertiary/aromatic N) is 1. The fourth-order valence-electron chi connectivity index (χ4n) is 3.92. The number of hydrogen-bond donors (Lipinski definition) is 1. The van der Waals surface area contributed by atoms with E-state index in [1.807, 2.05) is 13.8 Å². The van der Waals surface area contributed by atoms with Gasteiger partial charge in [-0.05, 0) is 82.0 Å². The van der Waals surface area contributed by atoms with Crippen LogP contribution >= 0.6 is 0 Å². The van der Waals surface area contributed by atoms with Gasteiger partial charge < -0.3 is 10.2 Å². The molecule has 3 aliphatic rings. The van der Waals surface area contributed by atoms with E-state index in [0.717, 1.165) is 10.8 Å². The summed E-state index contributed by atoms with van der Waals surface area (Å²) in [5.41, 5.74) is 1.48. The summed E-state index contributed by atoms with van der Waals surface area (Å²) in [6.45, 7) is 13.1. The van der Waals surface area contributed by atoms with Crippen LogP contribution in [0.1, 0.15) is 65.7 Å². The van der Waals surface area contributed by atoms with Crippen LogP contribution in [0.15, 0.2) is 0 Å². The zero-order valence-electron chi connectivity index (χ0n) is 13.4. The SMILES string of the molecule is CC.CCC1(CN2CCC3(CCNCC3)CC2)CC1. The van der Waals surface area contributed by atoms with Gasteiger partial charge in [0.05, 0.1) is 0 Å². The third kappa shape index (κ3) is 3.72. The van der Waals surface area contributed by atoms with Gasteiger partial charge in [-0.3, -0.25) is 0 Å². The molecule has 2 saturated heterocycles. The summed E-state index contributed by atoms with van der Waals surface area (Å²) < 4.78 is 0. The highest BCUT2D eigenvalue weighted by Gasteiger charge is 2.43. The maximum absolute atomic E-state index is 3.51. The molecule has 2 nitrogen and oxygen atoms in total. The molecule has 2 heterocycles. The van der Waals surface area contributed by atoms with Crippen LogP contribution < -0.4 is 5.32 Å². The third-order valence-electron chi connectivity index (χ3n) is 5.85. The summed E-state index contributed by atoms with van der Waals surface area (Å²) in [7, 11) is 0. The number of hydrogen-bond acceptors (Lipinski definition) is 2. The lowest BCUT2D eigenvalue weighted by Crippen LogP contribution is -2.46. The van der Waals surface area contributed by atoms with Crippen molar-refractivity contribution in [3.63, 3.8) is 0 Å². The predicted octanol–water partition coefficient (Wildman–Crippen LogP) is 3.67. The zero-order valence-corrected chi connectivity index (χ0v) is 13.4. The molecule has 1 saturated carbocycles. The Labute approximate surface area is 120 Å². The van der Waals surface area contributed by atoms with E-state index in [4.69, 9.17) is 0 Å². The van der Waals surface area contributed by atoms with Crippen LogP contribution in [-0.2, 0) is 0 Å². The van der Waals surface area contributed by atoms with E-state index in [0.29, 0.717) is 0 Å². The quantitative estimate of drug-likeness (QED) is 0.838. The molecule has 0 atom stereocenters. The topological polar surface area (TPSA) is 15.3 Å². The lowest BCUT2D eigenvalue weighted by molar-refractivity contribution is 0.0621. The molecule has 0 aromatic carbocycles. The van der Waals surface area contributed by atoms with Gasteiger partial charge in [0, 0.05) is 6.54 Å². The zero-order chi connectivity index (χ0) is 13.8. The van der Waals surface area contributed by atoms with Gasteiger partial charge in [-0.1, -0.05) is 20.8 Å². The van der Waals surface area contributed by atoms with Crippen molar-refractivity contribution in [3.05, 3.63) is 0 Å². The first-order valence-electron chi connectivity index (χ1n) is 8.69. The summed E-state index contributed by atoms with van der Waals surface area (Å²) in [5.74, 6) is 0. The van der Waals surface area contributed by atoms with Crippen LogP contribution in [0.5, 0.6) is 0 Å². The van der Waals surface area contributed by atoms with Crippen molar-refractivity contribution in [2.45, 2.75) is 65.7 Å². The van der Waals surface area contributed by atoms with Crippen molar-refractivity contribution in [1.29, 1.82) is 0 Å². The molecule has 0 radical (unpaired) electrons. The lowest BCUT2D eigenvalue weighted by atomic mass is 9.71. The van der Waals surface area contributed by atoms with Crippen molar-refractivity contribution >= 4 is 0 Å². The van der Waals surface area contributed by atoms with Crippen LogP contribution in [0, 0.1) is 10.8 Å². The van der Waals surface area contributed by atoms with Crippen molar-refractivity contribution in [2.75, 3.05) is 32.7 Å². The Bertz CT molecular complexity index is 254. The molecule has 0 bridgehead atoms. The van der Waals surface area contributed by atoms with Gasteiger partial charge in [-0.2, -0.15) is 0 Å². The second-order valence-corrected chi connectivity index (χ2v) is 6.88. The summed E-state index contributed by atoms with van der Waals surface area (Å²) in [6.07, 6.45) is 10.2. The molecule has 2 aliphatic heterocycles. The molecule has 1 aliphatic carbocycles. The number of nitrogens with one attached hydrogen (secondary N) is 1. The Morgan fingerprint density at radius 2 is 1.47 bits per heavy atom. The molecule has 112 valence electrons. The summed E-state index contributed by atoms with van der Waals surface area (Å²) in [4.78, 5) is 2.77. The molecular formula is C17H34N2.